The van der Waals surface area contributed by atoms with Crippen LogP contribution in [0.1, 0.15) is 39.0 Å². The lowest BCUT2D eigenvalue weighted by Gasteiger charge is -2.26. The SMILES string of the molecule is CC1(CN)CCN(C(=O)CC2CCCCO2)C1.Cl. The van der Waals surface area contributed by atoms with Crippen LogP contribution in [0.15, 0.2) is 0 Å². The van der Waals surface area contributed by atoms with Gasteiger partial charge in [-0.25, -0.2) is 0 Å². The van der Waals surface area contributed by atoms with Crippen molar-refractivity contribution in [1.29, 1.82) is 0 Å². The third-order valence-corrected chi connectivity index (χ3v) is 4.08. The van der Waals surface area contributed by atoms with E-state index in [1.54, 1.807) is 0 Å². The lowest BCUT2D eigenvalue weighted by Crippen LogP contribution is -2.36. The standard InChI is InChI=1S/C13H24N2O2.ClH/c1-13(9-14)5-6-15(10-13)12(16)8-11-4-2-3-7-17-11;/h11H,2-10,14H2,1H3;1H. The first-order valence-electron chi connectivity index (χ1n) is 6.72. The fourth-order valence-corrected chi connectivity index (χ4v) is 2.70. The second kappa shape index (κ2) is 6.73. The van der Waals surface area contributed by atoms with E-state index in [4.69, 9.17) is 10.5 Å². The molecule has 2 aliphatic rings. The smallest absolute Gasteiger partial charge is 0.225 e. The molecule has 2 fully saturated rings. The number of nitrogens with zero attached hydrogens (tertiary/aromatic N) is 1. The lowest BCUT2D eigenvalue weighted by molar-refractivity contribution is -0.134. The number of hydrogen-bond donors (Lipinski definition) is 1. The summed E-state index contributed by atoms with van der Waals surface area (Å²) in [5.41, 5.74) is 5.88. The Bertz CT molecular complexity index is 282. The Hall–Kier alpha value is -0.320. The average molecular weight is 277 g/mol. The van der Waals surface area contributed by atoms with E-state index in [2.05, 4.69) is 6.92 Å². The average Bonchev–Trinajstić information content (AvgIpc) is 2.74. The van der Waals surface area contributed by atoms with Gasteiger partial charge in [-0.1, -0.05) is 6.92 Å². The molecular formula is C13H25ClN2O2. The molecular weight excluding hydrogens is 252 g/mol. The van der Waals surface area contributed by atoms with Gasteiger partial charge in [0, 0.05) is 19.7 Å². The molecule has 0 aliphatic carbocycles. The van der Waals surface area contributed by atoms with Gasteiger partial charge >= 0.3 is 0 Å². The number of rotatable bonds is 3. The summed E-state index contributed by atoms with van der Waals surface area (Å²) in [5.74, 6) is 0.245. The van der Waals surface area contributed by atoms with Gasteiger partial charge in [-0.3, -0.25) is 4.79 Å². The summed E-state index contributed by atoms with van der Waals surface area (Å²) in [6.07, 6.45) is 5.11. The Morgan fingerprint density at radius 3 is 2.83 bits per heavy atom. The molecule has 4 nitrogen and oxygen atoms in total. The van der Waals surface area contributed by atoms with Crippen molar-refractivity contribution in [2.75, 3.05) is 26.2 Å². The van der Waals surface area contributed by atoms with Gasteiger partial charge in [0.15, 0.2) is 0 Å². The lowest BCUT2D eigenvalue weighted by atomic mass is 9.90. The first-order chi connectivity index (χ1) is 8.13. The summed E-state index contributed by atoms with van der Waals surface area (Å²) in [5, 5.41) is 0. The number of hydrogen-bond acceptors (Lipinski definition) is 3. The molecule has 2 aliphatic heterocycles. The van der Waals surface area contributed by atoms with Crippen LogP contribution in [0.3, 0.4) is 0 Å². The van der Waals surface area contributed by atoms with Crippen LogP contribution in [-0.4, -0.2) is 43.2 Å². The van der Waals surface area contributed by atoms with Crippen LogP contribution in [-0.2, 0) is 9.53 Å². The number of likely N-dealkylation sites (tertiary alicyclic amines) is 1. The van der Waals surface area contributed by atoms with Gasteiger partial charge in [0.25, 0.3) is 0 Å². The maximum Gasteiger partial charge on any atom is 0.225 e. The molecule has 2 saturated heterocycles. The van der Waals surface area contributed by atoms with Gasteiger partial charge in [0.1, 0.15) is 0 Å². The highest BCUT2D eigenvalue weighted by Crippen LogP contribution is 2.29. The van der Waals surface area contributed by atoms with E-state index in [9.17, 15) is 4.79 Å². The van der Waals surface area contributed by atoms with Crippen LogP contribution in [0.4, 0.5) is 0 Å². The molecule has 2 rings (SSSR count). The van der Waals surface area contributed by atoms with Crippen LogP contribution in [0.2, 0.25) is 0 Å². The molecule has 0 aromatic carbocycles. The predicted molar refractivity (Wildman–Crippen MR) is 73.8 cm³/mol. The van der Waals surface area contributed by atoms with Crippen molar-refractivity contribution in [1.82, 2.24) is 4.90 Å². The molecule has 2 N–H and O–H groups in total. The van der Waals surface area contributed by atoms with Crippen molar-refractivity contribution in [3.63, 3.8) is 0 Å². The summed E-state index contributed by atoms with van der Waals surface area (Å²) in [7, 11) is 0. The largest absolute Gasteiger partial charge is 0.378 e. The van der Waals surface area contributed by atoms with Gasteiger partial charge in [0.05, 0.1) is 12.5 Å². The monoisotopic (exact) mass is 276 g/mol. The third-order valence-electron chi connectivity index (χ3n) is 4.08. The fourth-order valence-electron chi connectivity index (χ4n) is 2.70. The Morgan fingerprint density at radius 1 is 1.50 bits per heavy atom. The zero-order valence-electron chi connectivity index (χ0n) is 11.2. The van der Waals surface area contributed by atoms with E-state index in [-0.39, 0.29) is 29.8 Å². The second-order valence-corrected chi connectivity index (χ2v) is 5.77. The number of nitrogens with two attached hydrogens (primary N) is 1. The summed E-state index contributed by atoms with van der Waals surface area (Å²) < 4.78 is 5.61. The molecule has 5 heteroatoms. The van der Waals surface area contributed by atoms with Crippen LogP contribution in [0.25, 0.3) is 0 Å². The maximum atomic E-state index is 12.1. The molecule has 2 heterocycles. The minimum atomic E-state index is 0. The number of halogens is 1. The van der Waals surface area contributed by atoms with E-state index in [1.165, 1.54) is 6.42 Å². The molecule has 106 valence electrons. The van der Waals surface area contributed by atoms with E-state index in [0.29, 0.717) is 13.0 Å². The summed E-state index contributed by atoms with van der Waals surface area (Å²) >= 11 is 0. The highest BCUT2D eigenvalue weighted by molar-refractivity contribution is 5.85. The topological polar surface area (TPSA) is 55.6 Å². The Morgan fingerprint density at radius 2 is 2.28 bits per heavy atom. The summed E-state index contributed by atoms with van der Waals surface area (Å²) in [6, 6.07) is 0. The Kier molecular flexibility index (Phi) is 5.89. The molecule has 0 aromatic heterocycles. The Labute approximate surface area is 116 Å². The van der Waals surface area contributed by atoms with Crippen molar-refractivity contribution in [2.24, 2.45) is 11.1 Å². The molecule has 0 radical (unpaired) electrons. The maximum absolute atomic E-state index is 12.1. The molecule has 0 spiro atoms. The van der Waals surface area contributed by atoms with Crippen LogP contribution >= 0.6 is 12.4 Å². The number of ether oxygens (including phenoxy) is 1. The van der Waals surface area contributed by atoms with Crippen LogP contribution in [0.5, 0.6) is 0 Å². The first-order valence-corrected chi connectivity index (χ1v) is 6.72. The minimum absolute atomic E-state index is 0. The van der Waals surface area contributed by atoms with Gasteiger partial charge < -0.3 is 15.4 Å². The fraction of sp³-hybridized carbons (Fsp3) is 0.923. The number of amides is 1. The first kappa shape index (κ1) is 15.7. The van der Waals surface area contributed by atoms with E-state index in [0.717, 1.165) is 39.0 Å². The second-order valence-electron chi connectivity index (χ2n) is 5.77. The van der Waals surface area contributed by atoms with E-state index < -0.39 is 0 Å². The number of carbonyl (C=O) groups excluding carboxylic acids is 1. The molecule has 2 atom stereocenters. The Balaban J connectivity index is 0.00000162. The molecule has 0 bridgehead atoms. The third kappa shape index (κ3) is 3.84. The highest BCUT2D eigenvalue weighted by atomic mass is 35.5. The minimum Gasteiger partial charge on any atom is -0.378 e. The predicted octanol–water partition coefficient (Wildman–Crippen LogP) is 1.56. The molecule has 2 unspecified atom stereocenters. The quantitative estimate of drug-likeness (QED) is 0.851. The van der Waals surface area contributed by atoms with Crippen molar-refractivity contribution in [3.05, 3.63) is 0 Å². The van der Waals surface area contributed by atoms with Crippen molar-refractivity contribution in [3.8, 4) is 0 Å². The van der Waals surface area contributed by atoms with E-state index in [1.807, 2.05) is 4.90 Å². The highest BCUT2D eigenvalue weighted by Gasteiger charge is 2.35. The van der Waals surface area contributed by atoms with Gasteiger partial charge in [0.2, 0.25) is 5.91 Å². The summed E-state index contributed by atoms with van der Waals surface area (Å²) in [4.78, 5) is 14.1. The molecule has 18 heavy (non-hydrogen) atoms. The van der Waals surface area contributed by atoms with Crippen LogP contribution < -0.4 is 5.73 Å². The zero-order valence-corrected chi connectivity index (χ0v) is 12.0. The van der Waals surface area contributed by atoms with Crippen LogP contribution in [0, 0.1) is 5.41 Å². The van der Waals surface area contributed by atoms with Crippen molar-refractivity contribution >= 4 is 18.3 Å². The van der Waals surface area contributed by atoms with Gasteiger partial charge in [-0.2, -0.15) is 0 Å². The van der Waals surface area contributed by atoms with Gasteiger partial charge in [-0.05, 0) is 37.6 Å². The van der Waals surface area contributed by atoms with Gasteiger partial charge in [-0.15, -0.1) is 12.4 Å². The van der Waals surface area contributed by atoms with E-state index >= 15 is 0 Å². The van der Waals surface area contributed by atoms with Crippen molar-refractivity contribution in [2.45, 2.75) is 45.1 Å². The van der Waals surface area contributed by atoms with Crippen molar-refractivity contribution < 1.29 is 9.53 Å². The summed E-state index contributed by atoms with van der Waals surface area (Å²) in [6.45, 7) is 5.32. The molecule has 0 aromatic rings. The molecule has 0 saturated carbocycles. The molecule has 1 amide bonds. The normalized spacial score (nSPS) is 32.1. The zero-order chi connectivity index (χ0) is 12.3. The number of carbonyl (C=O) groups is 1.